The third kappa shape index (κ3) is 3.94. The van der Waals surface area contributed by atoms with Gasteiger partial charge in [0.15, 0.2) is 0 Å². The summed E-state index contributed by atoms with van der Waals surface area (Å²) in [6.45, 7) is 8.82. The van der Waals surface area contributed by atoms with Crippen molar-refractivity contribution >= 4 is 17.4 Å². The first-order chi connectivity index (χ1) is 8.85. The Bertz CT molecular complexity index is 462. The molecular formula is C14H21NO3S. The number of alkyl carbamates (subject to hydrolysis) is 1. The van der Waals surface area contributed by atoms with Gasteiger partial charge in [-0.25, -0.2) is 4.79 Å². The number of hydrogen-bond acceptors (Lipinski definition) is 4. The van der Waals surface area contributed by atoms with Gasteiger partial charge in [0.1, 0.15) is 11.7 Å². The molecular weight excluding hydrogens is 262 g/mol. The first-order valence-corrected chi connectivity index (χ1v) is 7.34. The maximum atomic E-state index is 11.6. The maximum absolute atomic E-state index is 11.6. The molecule has 4 nitrogen and oxygen atoms in total. The van der Waals surface area contributed by atoms with E-state index in [0.29, 0.717) is 13.2 Å². The largest absolute Gasteiger partial charge is 0.444 e. The molecule has 1 atom stereocenters. The summed E-state index contributed by atoms with van der Waals surface area (Å²) < 4.78 is 11.0. The van der Waals surface area contributed by atoms with Crippen LogP contribution >= 0.6 is 11.3 Å². The van der Waals surface area contributed by atoms with Crippen molar-refractivity contribution in [1.82, 2.24) is 5.32 Å². The third-order valence-electron chi connectivity index (χ3n) is 2.79. The Kier molecular flexibility index (Phi) is 4.16. The summed E-state index contributed by atoms with van der Waals surface area (Å²) in [6, 6.07) is 2.15. The summed E-state index contributed by atoms with van der Waals surface area (Å²) >= 11 is 1.81. The number of ether oxygens (including phenoxy) is 2. The third-order valence-corrected chi connectivity index (χ3v) is 3.92. The lowest BCUT2D eigenvalue weighted by Gasteiger charge is -2.25. The summed E-state index contributed by atoms with van der Waals surface area (Å²) in [6.07, 6.45) is 0.521. The van der Waals surface area contributed by atoms with E-state index in [9.17, 15) is 4.79 Å². The Balaban J connectivity index is 1.92. The second kappa shape index (κ2) is 5.51. The van der Waals surface area contributed by atoms with Crippen molar-refractivity contribution in [2.75, 3.05) is 13.2 Å². The fraction of sp³-hybridized carbons (Fsp3) is 0.643. The molecule has 1 unspecified atom stereocenters. The summed E-state index contributed by atoms with van der Waals surface area (Å²) in [5, 5.41) is 2.78. The SMILES string of the molecule is Cc1cc2c(s1)CCOC2CNC(=O)OC(C)(C)C. The first-order valence-electron chi connectivity index (χ1n) is 6.53. The molecule has 1 aliphatic rings. The Morgan fingerprint density at radius 1 is 1.58 bits per heavy atom. The van der Waals surface area contributed by atoms with E-state index in [1.807, 2.05) is 32.1 Å². The lowest BCUT2D eigenvalue weighted by Crippen LogP contribution is -2.36. The van der Waals surface area contributed by atoms with E-state index < -0.39 is 11.7 Å². The second-order valence-corrected chi connectivity index (χ2v) is 7.07. The molecule has 0 radical (unpaired) electrons. The number of fused-ring (bicyclic) bond motifs is 1. The lowest BCUT2D eigenvalue weighted by atomic mass is 10.1. The molecule has 1 aromatic heterocycles. The minimum absolute atomic E-state index is 0.0544. The molecule has 0 aromatic carbocycles. The van der Waals surface area contributed by atoms with E-state index in [1.165, 1.54) is 15.3 Å². The highest BCUT2D eigenvalue weighted by atomic mass is 32.1. The van der Waals surface area contributed by atoms with Crippen LogP contribution in [-0.2, 0) is 15.9 Å². The first kappa shape index (κ1) is 14.3. The van der Waals surface area contributed by atoms with Crippen LogP contribution < -0.4 is 5.32 Å². The molecule has 5 heteroatoms. The molecule has 1 aliphatic heterocycles. The number of hydrogen-bond donors (Lipinski definition) is 1. The Labute approximate surface area is 118 Å². The molecule has 2 heterocycles. The predicted octanol–water partition coefficient (Wildman–Crippen LogP) is 3.20. The molecule has 0 fully saturated rings. The zero-order valence-electron chi connectivity index (χ0n) is 11.9. The molecule has 0 saturated heterocycles. The molecule has 0 spiro atoms. The topological polar surface area (TPSA) is 47.6 Å². The maximum Gasteiger partial charge on any atom is 0.407 e. The predicted molar refractivity (Wildman–Crippen MR) is 75.7 cm³/mol. The van der Waals surface area contributed by atoms with E-state index in [4.69, 9.17) is 9.47 Å². The molecule has 2 rings (SSSR count). The van der Waals surface area contributed by atoms with E-state index in [1.54, 1.807) is 0 Å². The Morgan fingerprint density at radius 2 is 2.32 bits per heavy atom. The van der Waals surface area contributed by atoms with Crippen molar-refractivity contribution in [2.45, 2.75) is 45.8 Å². The molecule has 1 N–H and O–H groups in total. The van der Waals surface area contributed by atoms with Crippen LogP contribution in [0.25, 0.3) is 0 Å². The molecule has 0 aliphatic carbocycles. The van der Waals surface area contributed by atoms with Gasteiger partial charge in [0.05, 0.1) is 13.2 Å². The molecule has 1 aromatic rings. The smallest absolute Gasteiger partial charge is 0.407 e. The van der Waals surface area contributed by atoms with Gasteiger partial charge in [-0.2, -0.15) is 0 Å². The van der Waals surface area contributed by atoms with Crippen LogP contribution in [0.1, 0.15) is 42.2 Å². The quantitative estimate of drug-likeness (QED) is 0.906. The highest BCUT2D eigenvalue weighted by molar-refractivity contribution is 7.12. The highest BCUT2D eigenvalue weighted by Crippen LogP contribution is 2.33. The van der Waals surface area contributed by atoms with Gasteiger partial charge in [-0.1, -0.05) is 0 Å². The van der Waals surface area contributed by atoms with Gasteiger partial charge in [0.25, 0.3) is 0 Å². The van der Waals surface area contributed by atoms with Crippen LogP contribution in [-0.4, -0.2) is 24.8 Å². The normalized spacial score (nSPS) is 18.8. The number of aryl methyl sites for hydroxylation is 1. The zero-order chi connectivity index (χ0) is 14.0. The van der Waals surface area contributed by atoms with Crippen molar-refractivity contribution in [1.29, 1.82) is 0 Å². The van der Waals surface area contributed by atoms with Crippen molar-refractivity contribution < 1.29 is 14.3 Å². The molecule has 19 heavy (non-hydrogen) atoms. The highest BCUT2D eigenvalue weighted by Gasteiger charge is 2.24. The van der Waals surface area contributed by atoms with Crippen molar-refractivity contribution in [3.63, 3.8) is 0 Å². The number of amides is 1. The number of carbonyl (C=O) groups is 1. The second-order valence-electron chi connectivity index (χ2n) is 5.73. The van der Waals surface area contributed by atoms with Crippen molar-refractivity contribution in [3.05, 3.63) is 21.4 Å². The molecule has 1 amide bonds. The number of carbonyl (C=O) groups excluding carboxylic acids is 1. The average Bonchev–Trinajstić information content (AvgIpc) is 2.64. The summed E-state index contributed by atoms with van der Waals surface area (Å²) in [7, 11) is 0. The number of thiophene rings is 1. The van der Waals surface area contributed by atoms with E-state index in [2.05, 4.69) is 18.3 Å². The fourth-order valence-electron chi connectivity index (χ4n) is 2.09. The van der Waals surface area contributed by atoms with Crippen LogP contribution in [0.2, 0.25) is 0 Å². The molecule has 106 valence electrons. The Morgan fingerprint density at radius 3 is 3.00 bits per heavy atom. The summed E-state index contributed by atoms with van der Waals surface area (Å²) in [5.41, 5.74) is 0.742. The number of nitrogens with one attached hydrogen (secondary N) is 1. The van der Waals surface area contributed by atoms with E-state index >= 15 is 0 Å². The van der Waals surface area contributed by atoms with Crippen molar-refractivity contribution in [2.24, 2.45) is 0 Å². The molecule has 0 bridgehead atoms. The monoisotopic (exact) mass is 283 g/mol. The van der Waals surface area contributed by atoms with Crippen LogP contribution in [0.5, 0.6) is 0 Å². The van der Waals surface area contributed by atoms with E-state index in [-0.39, 0.29) is 6.10 Å². The number of rotatable bonds is 2. The van der Waals surface area contributed by atoms with Gasteiger partial charge in [0, 0.05) is 16.2 Å². The lowest BCUT2D eigenvalue weighted by molar-refractivity contribution is 0.0296. The van der Waals surface area contributed by atoms with E-state index in [0.717, 1.165) is 6.42 Å². The minimum atomic E-state index is -0.471. The van der Waals surface area contributed by atoms with Gasteiger partial charge >= 0.3 is 6.09 Å². The Hall–Kier alpha value is -1.07. The van der Waals surface area contributed by atoms with Gasteiger partial charge in [-0.15, -0.1) is 11.3 Å². The van der Waals surface area contributed by atoms with Crippen LogP contribution in [0.4, 0.5) is 4.79 Å². The average molecular weight is 283 g/mol. The van der Waals surface area contributed by atoms with Crippen molar-refractivity contribution in [3.8, 4) is 0 Å². The standard InChI is InChI=1S/C14H21NO3S/c1-9-7-10-11(17-6-5-12(10)19-9)8-15-13(16)18-14(2,3)4/h7,11H,5-6,8H2,1-4H3,(H,15,16). The van der Waals surface area contributed by atoms with Gasteiger partial charge in [-0.05, 0) is 39.3 Å². The van der Waals surface area contributed by atoms with Crippen LogP contribution in [0, 0.1) is 6.92 Å². The fourth-order valence-corrected chi connectivity index (χ4v) is 3.16. The van der Waals surface area contributed by atoms with Gasteiger partial charge in [-0.3, -0.25) is 0 Å². The summed E-state index contributed by atoms with van der Waals surface area (Å²) in [4.78, 5) is 14.3. The van der Waals surface area contributed by atoms with Crippen LogP contribution in [0.3, 0.4) is 0 Å². The van der Waals surface area contributed by atoms with Crippen LogP contribution in [0.15, 0.2) is 6.07 Å². The molecule has 0 saturated carbocycles. The summed E-state index contributed by atoms with van der Waals surface area (Å²) in [5.74, 6) is 0. The minimum Gasteiger partial charge on any atom is -0.444 e. The van der Waals surface area contributed by atoms with Gasteiger partial charge in [0.2, 0.25) is 0 Å². The van der Waals surface area contributed by atoms with Gasteiger partial charge < -0.3 is 14.8 Å². The zero-order valence-corrected chi connectivity index (χ0v) is 12.7.